The second kappa shape index (κ2) is 5.32. The SMILES string of the molecule is [B]N=Nc1c(S(=O)(=O)O)cc2cc(S(=O)(=O)O)ccc2c1O. The molecule has 0 aliphatic carbocycles. The van der Waals surface area contributed by atoms with Gasteiger partial charge in [0.25, 0.3) is 28.2 Å². The van der Waals surface area contributed by atoms with Crippen molar-refractivity contribution in [1.82, 2.24) is 0 Å². The van der Waals surface area contributed by atoms with Crippen molar-refractivity contribution in [2.45, 2.75) is 9.79 Å². The number of aromatic hydroxyl groups is 1. The Morgan fingerprint density at radius 1 is 1.00 bits per heavy atom. The number of rotatable bonds is 3. The van der Waals surface area contributed by atoms with E-state index in [0.717, 1.165) is 24.3 Å². The van der Waals surface area contributed by atoms with Gasteiger partial charge in [0.2, 0.25) is 0 Å². The first-order valence-electron chi connectivity index (χ1n) is 5.41. The van der Waals surface area contributed by atoms with Crippen LogP contribution in [0.1, 0.15) is 0 Å². The molecule has 2 aromatic carbocycles. The average molecular weight is 342 g/mol. The molecule has 12 heteroatoms. The molecule has 0 spiro atoms. The molecule has 0 aromatic heterocycles. The summed E-state index contributed by atoms with van der Waals surface area (Å²) in [6.07, 6.45) is 0. The number of phenolic OH excluding ortho intramolecular Hbond substituents is 1. The van der Waals surface area contributed by atoms with Crippen LogP contribution in [-0.2, 0) is 20.2 Å². The van der Waals surface area contributed by atoms with Crippen LogP contribution in [0, 0.1) is 0 Å². The number of phenols is 1. The highest BCUT2D eigenvalue weighted by Crippen LogP contribution is 2.41. The smallest absolute Gasteiger partial charge is 0.296 e. The summed E-state index contributed by atoms with van der Waals surface area (Å²) < 4.78 is 63.0. The van der Waals surface area contributed by atoms with Crippen LogP contribution < -0.4 is 0 Å². The third-order valence-corrected chi connectivity index (χ3v) is 4.47. The number of hydrogen-bond acceptors (Lipinski definition) is 7. The van der Waals surface area contributed by atoms with E-state index in [1.807, 2.05) is 0 Å². The fraction of sp³-hybridized carbons (Fsp3) is 0. The zero-order chi connectivity index (χ0) is 16.7. The summed E-state index contributed by atoms with van der Waals surface area (Å²) in [5.74, 6) is -0.679. The summed E-state index contributed by atoms with van der Waals surface area (Å²) in [5.41, 5.74) is -0.600. The topological polar surface area (TPSA) is 154 Å². The minimum absolute atomic E-state index is 0.0159. The zero-order valence-corrected chi connectivity index (χ0v) is 12.2. The lowest BCUT2D eigenvalue weighted by Gasteiger charge is -2.09. The van der Waals surface area contributed by atoms with Crippen molar-refractivity contribution >= 4 is 44.7 Å². The van der Waals surface area contributed by atoms with Gasteiger partial charge >= 0.3 is 0 Å². The first-order valence-corrected chi connectivity index (χ1v) is 8.29. The maximum atomic E-state index is 11.3. The molecule has 0 amide bonds. The normalized spacial score (nSPS) is 13.0. The Morgan fingerprint density at radius 3 is 2.14 bits per heavy atom. The second-order valence-corrected chi connectivity index (χ2v) is 6.93. The summed E-state index contributed by atoms with van der Waals surface area (Å²) >= 11 is 0. The Balaban J connectivity index is 2.97. The van der Waals surface area contributed by atoms with Crippen LogP contribution in [0.5, 0.6) is 5.75 Å². The van der Waals surface area contributed by atoms with Crippen LogP contribution in [0.25, 0.3) is 10.8 Å². The molecule has 0 heterocycles. The van der Waals surface area contributed by atoms with Crippen LogP contribution in [0.4, 0.5) is 5.69 Å². The number of hydrogen-bond donors (Lipinski definition) is 3. The van der Waals surface area contributed by atoms with Gasteiger partial charge in [-0.05, 0) is 29.7 Å². The quantitative estimate of drug-likeness (QED) is 0.430. The van der Waals surface area contributed by atoms with Gasteiger partial charge in [0.15, 0.2) is 5.75 Å². The van der Waals surface area contributed by atoms with E-state index in [0.29, 0.717) is 0 Å². The zero-order valence-electron chi connectivity index (χ0n) is 10.6. The molecule has 0 saturated heterocycles. The molecule has 0 bridgehead atoms. The van der Waals surface area contributed by atoms with Crippen LogP contribution in [0.2, 0.25) is 0 Å². The van der Waals surface area contributed by atoms with E-state index in [2.05, 4.69) is 10.1 Å². The van der Waals surface area contributed by atoms with E-state index in [-0.39, 0.29) is 10.8 Å². The minimum atomic E-state index is -4.80. The lowest BCUT2D eigenvalue weighted by molar-refractivity contribution is 0.472. The summed E-state index contributed by atoms with van der Waals surface area (Å²) in [7, 11) is -4.51. The second-order valence-electron chi connectivity index (χ2n) is 4.12. The van der Waals surface area contributed by atoms with Gasteiger partial charge in [0, 0.05) is 5.39 Å². The fourth-order valence-electron chi connectivity index (χ4n) is 1.84. The first-order chi connectivity index (χ1) is 10.1. The van der Waals surface area contributed by atoms with E-state index in [1.54, 1.807) is 0 Å². The Labute approximate surface area is 126 Å². The largest absolute Gasteiger partial charge is 0.505 e. The van der Waals surface area contributed by atoms with Gasteiger partial charge in [-0.25, -0.2) is 0 Å². The third-order valence-electron chi connectivity index (χ3n) is 2.76. The van der Waals surface area contributed by atoms with Crippen molar-refractivity contribution in [3.05, 3.63) is 24.3 Å². The highest BCUT2D eigenvalue weighted by atomic mass is 32.2. The summed E-state index contributed by atoms with van der Waals surface area (Å²) in [6.45, 7) is 0. The maximum Gasteiger partial charge on any atom is 0.296 e. The highest BCUT2D eigenvalue weighted by molar-refractivity contribution is 7.86. The number of fused-ring (bicyclic) bond motifs is 1. The molecule has 0 saturated carbocycles. The third kappa shape index (κ3) is 2.94. The van der Waals surface area contributed by atoms with Gasteiger partial charge in [-0.15, -0.1) is 0 Å². The van der Waals surface area contributed by atoms with Gasteiger partial charge < -0.3 is 5.11 Å². The molecule has 0 aliphatic rings. The molecule has 2 aromatic rings. The van der Waals surface area contributed by atoms with Crippen molar-refractivity contribution in [3.63, 3.8) is 0 Å². The van der Waals surface area contributed by atoms with Crippen LogP contribution in [0.15, 0.2) is 44.2 Å². The number of nitrogens with zero attached hydrogens (tertiary/aromatic N) is 2. The first kappa shape index (κ1) is 16.4. The molecule has 22 heavy (non-hydrogen) atoms. The van der Waals surface area contributed by atoms with E-state index in [1.165, 1.54) is 0 Å². The van der Waals surface area contributed by atoms with Crippen molar-refractivity contribution in [2.75, 3.05) is 0 Å². The molecule has 0 aliphatic heterocycles. The average Bonchev–Trinajstić information content (AvgIpc) is 2.39. The predicted octanol–water partition coefficient (Wildman–Crippen LogP) is 1.21. The molecule has 2 rings (SSSR count). The predicted molar refractivity (Wildman–Crippen MR) is 75.5 cm³/mol. The monoisotopic (exact) mass is 342 g/mol. The van der Waals surface area contributed by atoms with E-state index >= 15 is 0 Å². The standard InChI is InChI=1S/C10H7BN2O7S2/c11-13-12-9-8(22(18,19)20)4-5-3-6(21(15,16)17)1-2-7(5)10(9)14/h1-4,14H,(H,15,16,17)(H,18,19,20). The lowest BCUT2D eigenvalue weighted by Crippen LogP contribution is -2.00. The molecular formula is C10H7BN2O7S2. The van der Waals surface area contributed by atoms with Crippen LogP contribution >= 0.6 is 0 Å². The molecule has 3 N–H and O–H groups in total. The molecule has 2 radical (unpaired) electrons. The van der Waals surface area contributed by atoms with Gasteiger partial charge in [-0.1, -0.05) is 0 Å². The summed E-state index contributed by atoms with van der Waals surface area (Å²) in [5, 5.41) is 16.1. The molecule has 0 atom stereocenters. The summed E-state index contributed by atoms with van der Waals surface area (Å²) in [4.78, 5) is -1.34. The van der Waals surface area contributed by atoms with E-state index < -0.39 is 41.5 Å². The van der Waals surface area contributed by atoms with Gasteiger partial charge in [0.1, 0.15) is 10.6 Å². The van der Waals surface area contributed by atoms with Crippen molar-refractivity contribution in [2.24, 2.45) is 10.1 Å². The van der Waals surface area contributed by atoms with Crippen LogP contribution in [-0.4, -0.2) is 39.0 Å². The van der Waals surface area contributed by atoms with Crippen molar-refractivity contribution in [1.29, 1.82) is 0 Å². The van der Waals surface area contributed by atoms with E-state index in [4.69, 9.17) is 17.1 Å². The van der Waals surface area contributed by atoms with Crippen molar-refractivity contribution in [3.8, 4) is 5.75 Å². The molecule has 114 valence electrons. The Bertz CT molecular complexity index is 1000. The van der Waals surface area contributed by atoms with E-state index in [9.17, 15) is 21.9 Å². The number of benzene rings is 2. The molecule has 9 nitrogen and oxygen atoms in total. The molecular weight excluding hydrogens is 335 g/mol. The molecule has 0 fully saturated rings. The van der Waals surface area contributed by atoms with Gasteiger partial charge in [-0.3, -0.25) is 14.1 Å². The summed E-state index contributed by atoms with van der Waals surface area (Å²) in [6, 6.07) is 3.90. The maximum absolute atomic E-state index is 11.3. The Morgan fingerprint density at radius 2 is 1.64 bits per heavy atom. The Hall–Kier alpha value is -2.02. The van der Waals surface area contributed by atoms with Crippen LogP contribution in [0.3, 0.4) is 0 Å². The van der Waals surface area contributed by atoms with Crippen molar-refractivity contribution < 1.29 is 31.0 Å². The lowest BCUT2D eigenvalue weighted by atomic mass is 10.1. The Kier molecular flexibility index (Phi) is 3.95. The fourth-order valence-corrected chi connectivity index (χ4v) is 3.01. The minimum Gasteiger partial charge on any atom is -0.505 e. The highest BCUT2D eigenvalue weighted by Gasteiger charge is 2.22. The molecule has 0 unspecified atom stereocenters. The van der Waals surface area contributed by atoms with Gasteiger partial charge in [0.05, 0.1) is 4.90 Å². The van der Waals surface area contributed by atoms with Gasteiger partial charge in [-0.2, -0.15) is 21.9 Å².